The molecule has 2 unspecified atom stereocenters. The zero-order valence-corrected chi connectivity index (χ0v) is 10.5. The summed E-state index contributed by atoms with van der Waals surface area (Å²) in [5, 5.41) is 11.7. The molecular formula is C14H13FN2O3. The Bertz CT molecular complexity index is 602. The van der Waals surface area contributed by atoms with Crippen molar-refractivity contribution >= 4 is 17.6 Å². The predicted octanol–water partition coefficient (Wildman–Crippen LogP) is 1.68. The van der Waals surface area contributed by atoms with Crippen LogP contribution in [0.4, 0.5) is 10.1 Å². The zero-order valence-electron chi connectivity index (χ0n) is 10.5. The molecule has 104 valence electrons. The van der Waals surface area contributed by atoms with Crippen molar-refractivity contribution in [1.29, 1.82) is 0 Å². The van der Waals surface area contributed by atoms with Crippen molar-refractivity contribution in [2.45, 2.75) is 6.42 Å². The van der Waals surface area contributed by atoms with Crippen LogP contribution in [0.2, 0.25) is 0 Å². The van der Waals surface area contributed by atoms with Crippen molar-refractivity contribution < 1.29 is 19.1 Å². The monoisotopic (exact) mass is 276 g/mol. The number of aromatic nitrogens is 1. The number of carbonyl (C=O) groups is 2. The molecule has 1 saturated carbocycles. The molecular weight excluding hydrogens is 263 g/mol. The maximum absolute atomic E-state index is 13.5. The number of hydrogen-bond acceptors (Lipinski definition) is 3. The van der Waals surface area contributed by atoms with E-state index in [9.17, 15) is 19.1 Å². The SMILES string of the molecule is O=C(O)[C@@H]1C2C=CC(C2)[C@@H]1C(=O)Nc1ccncc1F. The van der Waals surface area contributed by atoms with Gasteiger partial charge in [-0.15, -0.1) is 0 Å². The van der Waals surface area contributed by atoms with E-state index in [0.717, 1.165) is 6.20 Å². The van der Waals surface area contributed by atoms with E-state index in [1.165, 1.54) is 12.3 Å². The number of amides is 1. The van der Waals surface area contributed by atoms with E-state index in [1.54, 1.807) is 0 Å². The van der Waals surface area contributed by atoms with Gasteiger partial charge in [-0.3, -0.25) is 14.6 Å². The minimum Gasteiger partial charge on any atom is -0.481 e. The van der Waals surface area contributed by atoms with Crippen LogP contribution in [-0.2, 0) is 9.59 Å². The lowest BCUT2D eigenvalue weighted by atomic mass is 9.82. The average molecular weight is 276 g/mol. The molecule has 1 aromatic heterocycles. The molecule has 1 fully saturated rings. The number of carboxylic acids is 1. The van der Waals surface area contributed by atoms with Gasteiger partial charge in [0.1, 0.15) is 0 Å². The Hall–Kier alpha value is -2.24. The molecule has 2 bridgehead atoms. The first kappa shape index (κ1) is 12.8. The Morgan fingerprint density at radius 2 is 2.00 bits per heavy atom. The molecule has 1 amide bonds. The topological polar surface area (TPSA) is 79.3 Å². The first-order valence-electron chi connectivity index (χ1n) is 6.39. The molecule has 1 aromatic rings. The summed E-state index contributed by atoms with van der Waals surface area (Å²) in [6.45, 7) is 0. The second-order valence-electron chi connectivity index (χ2n) is 5.18. The Morgan fingerprint density at radius 3 is 2.65 bits per heavy atom. The summed E-state index contributed by atoms with van der Waals surface area (Å²) in [5.74, 6) is -3.60. The van der Waals surface area contributed by atoms with Gasteiger partial charge in [0, 0.05) is 6.20 Å². The first-order chi connectivity index (χ1) is 9.58. The number of rotatable bonds is 3. The van der Waals surface area contributed by atoms with E-state index >= 15 is 0 Å². The summed E-state index contributed by atoms with van der Waals surface area (Å²) in [6, 6.07) is 1.35. The number of anilines is 1. The Labute approximate surface area is 114 Å². The molecule has 5 nitrogen and oxygen atoms in total. The van der Waals surface area contributed by atoms with E-state index in [4.69, 9.17) is 0 Å². The van der Waals surface area contributed by atoms with Gasteiger partial charge in [-0.2, -0.15) is 0 Å². The third-order valence-electron chi connectivity index (χ3n) is 4.08. The lowest BCUT2D eigenvalue weighted by molar-refractivity contribution is -0.146. The van der Waals surface area contributed by atoms with Crippen LogP contribution in [0.3, 0.4) is 0 Å². The third kappa shape index (κ3) is 1.97. The van der Waals surface area contributed by atoms with Gasteiger partial charge in [0.05, 0.1) is 23.7 Å². The van der Waals surface area contributed by atoms with Gasteiger partial charge in [-0.05, 0) is 24.3 Å². The van der Waals surface area contributed by atoms with Crippen LogP contribution in [0.25, 0.3) is 0 Å². The first-order valence-corrected chi connectivity index (χ1v) is 6.39. The molecule has 4 atom stereocenters. The molecule has 1 heterocycles. The second-order valence-corrected chi connectivity index (χ2v) is 5.18. The van der Waals surface area contributed by atoms with Gasteiger partial charge in [-0.1, -0.05) is 12.2 Å². The summed E-state index contributed by atoms with van der Waals surface area (Å²) >= 11 is 0. The highest BCUT2D eigenvalue weighted by Gasteiger charge is 2.51. The maximum Gasteiger partial charge on any atom is 0.307 e. The summed E-state index contributed by atoms with van der Waals surface area (Å²) in [6.07, 6.45) is 6.80. The predicted molar refractivity (Wildman–Crippen MR) is 68.2 cm³/mol. The van der Waals surface area contributed by atoms with E-state index in [0.29, 0.717) is 6.42 Å². The van der Waals surface area contributed by atoms with Crippen molar-refractivity contribution in [3.05, 3.63) is 36.4 Å². The number of carboxylic acid groups (broad SMARTS) is 1. The number of fused-ring (bicyclic) bond motifs is 2. The van der Waals surface area contributed by atoms with Gasteiger partial charge in [0.15, 0.2) is 5.82 Å². The van der Waals surface area contributed by atoms with Crippen LogP contribution >= 0.6 is 0 Å². The van der Waals surface area contributed by atoms with E-state index in [2.05, 4.69) is 10.3 Å². The highest BCUT2D eigenvalue weighted by atomic mass is 19.1. The molecule has 0 aliphatic heterocycles. The highest BCUT2D eigenvalue weighted by molar-refractivity contribution is 5.96. The fourth-order valence-electron chi connectivity index (χ4n) is 3.21. The van der Waals surface area contributed by atoms with Crippen molar-refractivity contribution in [2.24, 2.45) is 23.7 Å². The van der Waals surface area contributed by atoms with E-state index < -0.39 is 29.5 Å². The number of nitrogens with one attached hydrogen (secondary N) is 1. The molecule has 0 radical (unpaired) electrons. The third-order valence-corrected chi connectivity index (χ3v) is 4.08. The standard InChI is InChI=1S/C14H13FN2O3/c15-9-6-16-4-3-10(9)17-13(18)11-7-1-2-8(5-7)12(11)14(19)20/h1-4,6-8,11-12H,5H2,(H,19,20)(H,16,17,18)/t7?,8?,11-,12+/m0/s1. The van der Waals surface area contributed by atoms with Crippen LogP contribution in [0.1, 0.15) is 6.42 Å². The van der Waals surface area contributed by atoms with E-state index in [1.807, 2.05) is 12.2 Å². The van der Waals surface area contributed by atoms with Gasteiger partial charge in [0.2, 0.25) is 5.91 Å². The van der Waals surface area contributed by atoms with Gasteiger partial charge < -0.3 is 10.4 Å². The molecule has 0 spiro atoms. The summed E-state index contributed by atoms with van der Waals surface area (Å²) < 4.78 is 13.5. The highest BCUT2D eigenvalue weighted by Crippen LogP contribution is 2.48. The molecule has 2 aliphatic carbocycles. The second kappa shape index (κ2) is 4.70. The van der Waals surface area contributed by atoms with Crippen LogP contribution in [0, 0.1) is 29.5 Å². The molecule has 2 N–H and O–H groups in total. The summed E-state index contributed by atoms with van der Waals surface area (Å²) in [7, 11) is 0. The number of aliphatic carboxylic acids is 1. The fraction of sp³-hybridized carbons (Fsp3) is 0.357. The maximum atomic E-state index is 13.5. The van der Waals surface area contributed by atoms with Crippen molar-refractivity contribution in [3.8, 4) is 0 Å². The average Bonchev–Trinajstić information content (AvgIpc) is 3.01. The fourth-order valence-corrected chi connectivity index (χ4v) is 3.21. The minimum absolute atomic E-state index is 0.0286. The summed E-state index contributed by atoms with van der Waals surface area (Å²) in [5.41, 5.74) is 0.0286. The Morgan fingerprint density at radius 1 is 1.30 bits per heavy atom. The molecule has 2 aliphatic rings. The zero-order chi connectivity index (χ0) is 14.3. The number of allylic oxidation sites excluding steroid dienone is 2. The van der Waals surface area contributed by atoms with Crippen molar-refractivity contribution in [2.75, 3.05) is 5.32 Å². The van der Waals surface area contributed by atoms with Gasteiger partial charge >= 0.3 is 5.97 Å². The Kier molecular flexibility index (Phi) is 3.00. The smallest absolute Gasteiger partial charge is 0.307 e. The van der Waals surface area contributed by atoms with Gasteiger partial charge in [0.25, 0.3) is 0 Å². The lowest BCUT2D eigenvalue weighted by Gasteiger charge is -2.23. The molecule has 0 aromatic carbocycles. The number of pyridine rings is 1. The Balaban J connectivity index is 1.82. The lowest BCUT2D eigenvalue weighted by Crippen LogP contribution is -2.36. The largest absolute Gasteiger partial charge is 0.481 e. The normalized spacial score (nSPS) is 30.4. The number of carbonyl (C=O) groups excluding carboxylic acids is 1. The summed E-state index contributed by atoms with van der Waals surface area (Å²) in [4.78, 5) is 27.2. The van der Waals surface area contributed by atoms with Crippen LogP contribution in [0.15, 0.2) is 30.6 Å². The van der Waals surface area contributed by atoms with Crippen LogP contribution in [-0.4, -0.2) is 22.0 Å². The van der Waals surface area contributed by atoms with Crippen LogP contribution in [0.5, 0.6) is 0 Å². The number of nitrogens with zero attached hydrogens (tertiary/aromatic N) is 1. The molecule has 3 rings (SSSR count). The molecule has 6 heteroatoms. The number of halogens is 1. The van der Waals surface area contributed by atoms with Crippen molar-refractivity contribution in [3.63, 3.8) is 0 Å². The van der Waals surface area contributed by atoms with Crippen molar-refractivity contribution in [1.82, 2.24) is 4.98 Å². The van der Waals surface area contributed by atoms with Gasteiger partial charge in [-0.25, -0.2) is 4.39 Å². The van der Waals surface area contributed by atoms with E-state index in [-0.39, 0.29) is 17.5 Å². The molecule has 0 saturated heterocycles. The minimum atomic E-state index is -0.975. The quantitative estimate of drug-likeness (QED) is 0.823. The number of hydrogen-bond donors (Lipinski definition) is 2. The van der Waals surface area contributed by atoms with Crippen LogP contribution < -0.4 is 5.32 Å². The molecule has 20 heavy (non-hydrogen) atoms.